The van der Waals surface area contributed by atoms with Gasteiger partial charge >= 0.3 is 5.97 Å². The third-order valence-corrected chi connectivity index (χ3v) is 4.46. The molecule has 0 spiro atoms. The minimum absolute atomic E-state index is 0.0406. The highest BCUT2D eigenvalue weighted by atomic mass is 16.5. The monoisotopic (exact) mass is 250 g/mol. The smallest absolute Gasteiger partial charge is 0.308 e. The van der Waals surface area contributed by atoms with Gasteiger partial charge in [0.2, 0.25) is 0 Å². The molecule has 0 heterocycles. The molecular weight excluding hydrogens is 224 g/mol. The normalized spacial score (nSPS) is 31.7. The maximum Gasteiger partial charge on any atom is 0.308 e. The van der Waals surface area contributed by atoms with Gasteiger partial charge in [0.05, 0.1) is 12.5 Å². The molecule has 3 atom stereocenters. The highest BCUT2D eigenvalue weighted by Gasteiger charge is 2.53. The average Bonchev–Trinajstić information content (AvgIpc) is 3.18. The minimum Gasteiger partial charge on any atom is -0.465 e. The predicted octanol–water partition coefficient (Wildman–Crippen LogP) is 3.96. The van der Waals surface area contributed by atoms with E-state index in [0.29, 0.717) is 12.5 Å². The van der Waals surface area contributed by atoms with Crippen molar-refractivity contribution in [3.05, 3.63) is 11.6 Å². The van der Waals surface area contributed by atoms with E-state index < -0.39 is 0 Å². The van der Waals surface area contributed by atoms with Gasteiger partial charge < -0.3 is 4.74 Å². The summed E-state index contributed by atoms with van der Waals surface area (Å²) in [6.07, 6.45) is 6.76. The van der Waals surface area contributed by atoms with Crippen LogP contribution in [0.15, 0.2) is 11.6 Å². The van der Waals surface area contributed by atoms with Gasteiger partial charge in [-0.25, -0.2) is 0 Å². The topological polar surface area (TPSA) is 26.3 Å². The molecule has 0 aromatic rings. The molecule has 2 fully saturated rings. The molecule has 0 saturated heterocycles. The van der Waals surface area contributed by atoms with Crippen molar-refractivity contribution in [3.63, 3.8) is 0 Å². The summed E-state index contributed by atoms with van der Waals surface area (Å²) < 4.78 is 5.44. The first-order valence-corrected chi connectivity index (χ1v) is 7.22. The third kappa shape index (κ3) is 3.37. The quantitative estimate of drug-likeness (QED) is 0.527. The molecule has 2 saturated carbocycles. The molecule has 0 amide bonds. The lowest BCUT2D eigenvalue weighted by Crippen LogP contribution is -2.17. The molecule has 102 valence electrons. The Balaban J connectivity index is 1.73. The van der Waals surface area contributed by atoms with Gasteiger partial charge in [0.25, 0.3) is 0 Å². The van der Waals surface area contributed by atoms with E-state index in [1.54, 1.807) is 0 Å². The average molecular weight is 250 g/mol. The first-order valence-electron chi connectivity index (χ1n) is 7.22. The van der Waals surface area contributed by atoms with E-state index in [4.69, 9.17) is 4.74 Å². The predicted molar refractivity (Wildman–Crippen MR) is 73.1 cm³/mol. The standard InChI is InChI=1S/C16H26O2/c1-11(2)5-6-12(3)14-9-16(14,4)10-18-15(17)13-7-8-13/h5,12-14H,6-10H2,1-4H3. The molecule has 0 aromatic carbocycles. The summed E-state index contributed by atoms with van der Waals surface area (Å²) in [6, 6.07) is 0. The third-order valence-electron chi connectivity index (χ3n) is 4.46. The van der Waals surface area contributed by atoms with Gasteiger partial charge in [-0.05, 0) is 51.4 Å². The molecule has 0 aromatic heterocycles. The Morgan fingerprint density at radius 2 is 2.11 bits per heavy atom. The first kappa shape index (κ1) is 13.6. The van der Waals surface area contributed by atoms with Gasteiger partial charge in [0, 0.05) is 5.41 Å². The van der Waals surface area contributed by atoms with Crippen LogP contribution in [0.5, 0.6) is 0 Å². The molecule has 0 N–H and O–H groups in total. The number of esters is 1. The Labute approximate surface area is 111 Å². The van der Waals surface area contributed by atoms with Crippen LogP contribution >= 0.6 is 0 Å². The van der Waals surface area contributed by atoms with E-state index in [-0.39, 0.29) is 17.3 Å². The Morgan fingerprint density at radius 1 is 1.44 bits per heavy atom. The van der Waals surface area contributed by atoms with Crippen LogP contribution in [0.3, 0.4) is 0 Å². The van der Waals surface area contributed by atoms with Gasteiger partial charge in [-0.3, -0.25) is 4.79 Å². The van der Waals surface area contributed by atoms with Gasteiger partial charge in [-0.2, -0.15) is 0 Å². The van der Waals surface area contributed by atoms with Crippen molar-refractivity contribution in [1.82, 2.24) is 0 Å². The molecule has 18 heavy (non-hydrogen) atoms. The zero-order valence-electron chi connectivity index (χ0n) is 12.2. The van der Waals surface area contributed by atoms with E-state index in [2.05, 4.69) is 33.8 Å². The van der Waals surface area contributed by atoms with Crippen molar-refractivity contribution in [2.24, 2.45) is 23.2 Å². The van der Waals surface area contributed by atoms with Crippen LogP contribution in [0.1, 0.15) is 53.4 Å². The molecule has 0 bridgehead atoms. The van der Waals surface area contributed by atoms with Crippen LogP contribution in [-0.4, -0.2) is 12.6 Å². The number of ether oxygens (including phenoxy) is 1. The summed E-state index contributed by atoms with van der Waals surface area (Å²) in [4.78, 5) is 11.5. The summed E-state index contributed by atoms with van der Waals surface area (Å²) in [6.45, 7) is 9.51. The van der Waals surface area contributed by atoms with E-state index in [1.165, 1.54) is 12.0 Å². The van der Waals surface area contributed by atoms with E-state index >= 15 is 0 Å². The Hall–Kier alpha value is -0.790. The fourth-order valence-corrected chi connectivity index (χ4v) is 2.76. The molecule has 2 aliphatic carbocycles. The van der Waals surface area contributed by atoms with E-state index in [9.17, 15) is 4.79 Å². The van der Waals surface area contributed by atoms with Crippen LogP contribution in [0.4, 0.5) is 0 Å². The summed E-state index contributed by atoms with van der Waals surface area (Å²) in [5.41, 5.74) is 1.64. The Bertz CT molecular complexity index is 350. The van der Waals surface area contributed by atoms with E-state index in [1.807, 2.05) is 0 Å². The molecule has 3 unspecified atom stereocenters. The second-order valence-electron chi connectivity index (χ2n) is 6.84. The van der Waals surface area contributed by atoms with Crippen molar-refractivity contribution in [3.8, 4) is 0 Å². The van der Waals surface area contributed by atoms with Crippen molar-refractivity contribution >= 4 is 5.97 Å². The van der Waals surface area contributed by atoms with Crippen LogP contribution in [0.2, 0.25) is 0 Å². The Morgan fingerprint density at radius 3 is 2.67 bits per heavy atom. The molecule has 2 nitrogen and oxygen atoms in total. The van der Waals surface area contributed by atoms with Crippen molar-refractivity contribution in [1.29, 1.82) is 0 Å². The fraction of sp³-hybridized carbons (Fsp3) is 0.812. The van der Waals surface area contributed by atoms with Gasteiger partial charge in [0.1, 0.15) is 0 Å². The second-order valence-corrected chi connectivity index (χ2v) is 6.84. The maximum atomic E-state index is 11.5. The van der Waals surface area contributed by atoms with Crippen molar-refractivity contribution in [2.45, 2.75) is 53.4 Å². The summed E-state index contributed by atoms with van der Waals surface area (Å²) in [5, 5.41) is 0. The minimum atomic E-state index is 0.0406. The van der Waals surface area contributed by atoms with Gasteiger partial charge in [0.15, 0.2) is 0 Å². The second kappa shape index (κ2) is 5.07. The van der Waals surface area contributed by atoms with Crippen molar-refractivity contribution < 1.29 is 9.53 Å². The lowest BCUT2D eigenvalue weighted by atomic mass is 9.94. The largest absolute Gasteiger partial charge is 0.465 e. The molecule has 2 aliphatic rings. The zero-order chi connectivity index (χ0) is 13.3. The highest BCUT2D eigenvalue weighted by molar-refractivity contribution is 5.74. The fourth-order valence-electron chi connectivity index (χ4n) is 2.76. The molecule has 2 rings (SSSR count). The summed E-state index contributed by atoms with van der Waals surface area (Å²) in [5.74, 6) is 1.69. The van der Waals surface area contributed by atoms with E-state index in [0.717, 1.165) is 25.2 Å². The lowest BCUT2D eigenvalue weighted by Gasteiger charge is -2.15. The van der Waals surface area contributed by atoms with Crippen LogP contribution in [-0.2, 0) is 9.53 Å². The van der Waals surface area contributed by atoms with Crippen LogP contribution in [0.25, 0.3) is 0 Å². The zero-order valence-corrected chi connectivity index (χ0v) is 12.2. The number of hydrogen-bond donors (Lipinski definition) is 0. The number of rotatable bonds is 6. The summed E-state index contributed by atoms with van der Waals surface area (Å²) >= 11 is 0. The van der Waals surface area contributed by atoms with Crippen LogP contribution < -0.4 is 0 Å². The first-order chi connectivity index (χ1) is 8.42. The molecule has 2 heteroatoms. The number of carbonyl (C=O) groups is 1. The summed E-state index contributed by atoms with van der Waals surface area (Å²) in [7, 11) is 0. The lowest BCUT2D eigenvalue weighted by molar-refractivity contribution is -0.147. The number of allylic oxidation sites excluding steroid dienone is 2. The molecular formula is C16H26O2. The molecule has 0 radical (unpaired) electrons. The number of carbonyl (C=O) groups excluding carboxylic acids is 1. The van der Waals surface area contributed by atoms with Gasteiger partial charge in [-0.15, -0.1) is 0 Å². The maximum absolute atomic E-state index is 11.5. The van der Waals surface area contributed by atoms with Crippen molar-refractivity contribution in [2.75, 3.05) is 6.61 Å². The highest BCUT2D eigenvalue weighted by Crippen LogP contribution is 2.57. The van der Waals surface area contributed by atoms with Crippen LogP contribution in [0, 0.1) is 23.2 Å². The number of hydrogen-bond acceptors (Lipinski definition) is 2. The van der Waals surface area contributed by atoms with Gasteiger partial charge in [-0.1, -0.05) is 25.5 Å². The molecule has 0 aliphatic heterocycles. The Kier molecular flexibility index (Phi) is 3.84. The SMILES string of the molecule is CC(C)=CCC(C)C1CC1(C)COC(=O)C1CC1.